The maximum atomic E-state index is 10.7. The summed E-state index contributed by atoms with van der Waals surface area (Å²) in [5, 5.41) is 0. The van der Waals surface area contributed by atoms with E-state index in [1.54, 1.807) is 12.1 Å². The summed E-state index contributed by atoms with van der Waals surface area (Å²) in [6.07, 6.45) is 0.371. The zero-order valence-corrected chi connectivity index (χ0v) is 5.83. The Morgan fingerprint density at radius 1 is 1.45 bits per heavy atom. The highest BCUT2D eigenvalue weighted by atomic mass is 16.5. The fourth-order valence-corrected chi connectivity index (χ4v) is 1.13. The summed E-state index contributed by atoms with van der Waals surface area (Å²) in [6, 6.07) is 5.25. The van der Waals surface area contributed by atoms with Crippen LogP contribution in [0.3, 0.4) is 0 Å². The molecule has 1 aromatic rings. The van der Waals surface area contributed by atoms with E-state index in [-0.39, 0.29) is 5.97 Å². The molecule has 0 aromatic heterocycles. The van der Waals surface area contributed by atoms with Gasteiger partial charge >= 0.3 is 5.97 Å². The van der Waals surface area contributed by atoms with E-state index >= 15 is 0 Å². The fraction of sp³-hybridized carbons (Fsp3) is 0.125. The number of hydrogen-bond acceptors (Lipinski definition) is 3. The van der Waals surface area contributed by atoms with E-state index in [1.165, 1.54) is 0 Å². The summed E-state index contributed by atoms with van der Waals surface area (Å²) >= 11 is 0. The SMILES string of the molecule is Nc1ccc2c(c1)OC(=O)C2. The topological polar surface area (TPSA) is 52.3 Å². The number of hydrogen-bond donors (Lipinski definition) is 1. The largest absolute Gasteiger partial charge is 0.426 e. The number of carbonyl (C=O) groups is 1. The lowest BCUT2D eigenvalue weighted by atomic mass is 10.1. The van der Waals surface area contributed by atoms with Crippen molar-refractivity contribution < 1.29 is 9.53 Å². The Hall–Kier alpha value is -1.51. The lowest BCUT2D eigenvalue weighted by molar-refractivity contribution is -0.131. The molecular weight excluding hydrogens is 142 g/mol. The van der Waals surface area contributed by atoms with Crippen LogP contribution in [0.2, 0.25) is 0 Å². The maximum absolute atomic E-state index is 10.7. The zero-order valence-electron chi connectivity index (χ0n) is 5.83. The molecule has 2 rings (SSSR count). The van der Waals surface area contributed by atoms with Crippen LogP contribution in [0.1, 0.15) is 5.56 Å². The standard InChI is InChI=1S/C8H7NO2/c9-6-2-1-5-3-8(10)11-7(5)4-6/h1-2,4H,3,9H2. The zero-order chi connectivity index (χ0) is 7.84. The van der Waals surface area contributed by atoms with Crippen LogP contribution in [0, 0.1) is 0 Å². The smallest absolute Gasteiger partial charge is 0.315 e. The number of benzene rings is 1. The van der Waals surface area contributed by atoms with Gasteiger partial charge in [0.05, 0.1) is 6.42 Å². The minimum absolute atomic E-state index is 0.203. The van der Waals surface area contributed by atoms with E-state index in [0.29, 0.717) is 17.9 Å². The lowest BCUT2D eigenvalue weighted by Gasteiger charge is -1.96. The molecule has 1 aromatic carbocycles. The third kappa shape index (κ3) is 0.941. The van der Waals surface area contributed by atoms with Crippen LogP contribution in [0.25, 0.3) is 0 Å². The van der Waals surface area contributed by atoms with Crippen LogP contribution in [-0.2, 0) is 11.2 Å². The molecule has 0 bridgehead atoms. The van der Waals surface area contributed by atoms with Gasteiger partial charge in [0.25, 0.3) is 0 Å². The van der Waals surface area contributed by atoms with Crippen molar-refractivity contribution in [1.82, 2.24) is 0 Å². The average Bonchev–Trinajstić information content (AvgIpc) is 2.27. The molecule has 11 heavy (non-hydrogen) atoms. The van der Waals surface area contributed by atoms with Crippen molar-refractivity contribution in [3.05, 3.63) is 23.8 Å². The average molecular weight is 149 g/mol. The number of anilines is 1. The molecule has 0 aliphatic carbocycles. The first-order chi connectivity index (χ1) is 5.25. The summed E-state index contributed by atoms with van der Waals surface area (Å²) in [6.45, 7) is 0. The van der Waals surface area contributed by atoms with E-state index < -0.39 is 0 Å². The third-order valence-corrected chi connectivity index (χ3v) is 1.65. The van der Waals surface area contributed by atoms with Gasteiger partial charge in [-0.15, -0.1) is 0 Å². The second-order valence-electron chi connectivity index (χ2n) is 2.52. The maximum Gasteiger partial charge on any atom is 0.315 e. The van der Waals surface area contributed by atoms with E-state index in [9.17, 15) is 4.79 Å². The quantitative estimate of drug-likeness (QED) is 0.336. The van der Waals surface area contributed by atoms with Crippen molar-refractivity contribution in [2.75, 3.05) is 5.73 Å². The summed E-state index contributed by atoms with van der Waals surface area (Å²) in [5.41, 5.74) is 7.03. The Morgan fingerprint density at radius 2 is 2.27 bits per heavy atom. The predicted octanol–water partition coefficient (Wildman–Crippen LogP) is 0.730. The van der Waals surface area contributed by atoms with Gasteiger partial charge in [0, 0.05) is 17.3 Å². The Bertz CT molecular complexity index is 320. The van der Waals surface area contributed by atoms with Crippen LogP contribution in [0.15, 0.2) is 18.2 Å². The summed E-state index contributed by atoms with van der Waals surface area (Å²) in [5.74, 6) is 0.403. The minimum atomic E-state index is -0.203. The van der Waals surface area contributed by atoms with Gasteiger partial charge < -0.3 is 10.5 Å². The molecular formula is C8H7NO2. The first-order valence-electron chi connectivity index (χ1n) is 3.35. The Labute approximate surface area is 63.8 Å². The molecule has 0 atom stereocenters. The van der Waals surface area contributed by atoms with E-state index in [0.717, 1.165) is 5.56 Å². The first-order valence-corrected chi connectivity index (χ1v) is 3.35. The number of fused-ring (bicyclic) bond motifs is 1. The van der Waals surface area contributed by atoms with Crippen molar-refractivity contribution >= 4 is 11.7 Å². The second-order valence-corrected chi connectivity index (χ2v) is 2.52. The number of nitrogen functional groups attached to an aromatic ring is 1. The van der Waals surface area contributed by atoms with Crippen molar-refractivity contribution in [3.63, 3.8) is 0 Å². The Morgan fingerprint density at radius 3 is 3.09 bits per heavy atom. The van der Waals surface area contributed by atoms with Crippen molar-refractivity contribution in [3.8, 4) is 5.75 Å². The number of esters is 1. The molecule has 56 valence electrons. The molecule has 0 unspecified atom stereocenters. The highest BCUT2D eigenvalue weighted by molar-refractivity contribution is 5.81. The number of nitrogens with two attached hydrogens (primary N) is 1. The van der Waals surface area contributed by atoms with E-state index in [4.69, 9.17) is 10.5 Å². The summed E-state index contributed by atoms with van der Waals surface area (Å²) in [4.78, 5) is 10.7. The molecule has 0 saturated carbocycles. The van der Waals surface area contributed by atoms with Gasteiger partial charge in [0.2, 0.25) is 0 Å². The number of ether oxygens (including phenoxy) is 1. The molecule has 3 heteroatoms. The molecule has 0 radical (unpaired) electrons. The second kappa shape index (κ2) is 1.99. The van der Waals surface area contributed by atoms with Crippen LogP contribution in [0.4, 0.5) is 5.69 Å². The highest BCUT2D eigenvalue weighted by Gasteiger charge is 2.19. The van der Waals surface area contributed by atoms with Crippen LogP contribution >= 0.6 is 0 Å². The Kier molecular flexibility index (Phi) is 1.12. The highest BCUT2D eigenvalue weighted by Crippen LogP contribution is 2.27. The van der Waals surface area contributed by atoms with Gasteiger partial charge in [0.1, 0.15) is 5.75 Å². The van der Waals surface area contributed by atoms with Crippen molar-refractivity contribution in [2.45, 2.75) is 6.42 Å². The van der Waals surface area contributed by atoms with Crippen molar-refractivity contribution in [2.24, 2.45) is 0 Å². The molecule has 0 amide bonds. The van der Waals surface area contributed by atoms with Gasteiger partial charge in [-0.2, -0.15) is 0 Å². The van der Waals surface area contributed by atoms with Gasteiger partial charge in [0.15, 0.2) is 0 Å². The molecule has 2 N–H and O–H groups in total. The molecule has 0 spiro atoms. The summed E-state index contributed by atoms with van der Waals surface area (Å²) < 4.78 is 4.87. The summed E-state index contributed by atoms with van der Waals surface area (Å²) in [7, 11) is 0. The fourth-order valence-electron chi connectivity index (χ4n) is 1.13. The van der Waals surface area contributed by atoms with Crippen LogP contribution < -0.4 is 10.5 Å². The molecule has 0 fully saturated rings. The first kappa shape index (κ1) is 6.22. The predicted molar refractivity (Wildman–Crippen MR) is 40.2 cm³/mol. The van der Waals surface area contributed by atoms with Gasteiger partial charge in [-0.25, -0.2) is 0 Å². The molecule has 3 nitrogen and oxygen atoms in total. The van der Waals surface area contributed by atoms with E-state index in [2.05, 4.69) is 0 Å². The molecule has 1 aliphatic rings. The minimum Gasteiger partial charge on any atom is -0.426 e. The Balaban J connectivity index is 2.51. The molecule has 0 saturated heterocycles. The van der Waals surface area contributed by atoms with Crippen LogP contribution in [-0.4, -0.2) is 5.97 Å². The van der Waals surface area contributed by atoms with E-state index in [1.807, 2.05) is 6.07 Å². The molecule has 1 aliphatic heterocycles. The van der Waals surface area contributed by atoms with Crippen molar-refractivity contribution in [1.29, 1.82) is 0 Å². The molecule has 1 heterocycles. The monoisotopic (exact) mass is 149 g/mol. The van der Waals surface area contributed by atoms with Gasteiger partial charge in [-0.1, -0.05) is 6.07 Å². The van der Waals surface area contributed by atoms with Crippen LogP contribution in [0.5, 0.6) is 5.75 Å². The number of rotatable bonds is 0. The lowest BCUT2D eigenvalue weighted by Crippen LogP contribution is -2.00. The third-order valence-electron chi connectivity index (χ3n) is 1.65. The van der Waals surface area contributed by atoms with Gasteiger partial charge in [-0.05, 0) is 6.07 Å². The van der Waals surface area contributed by atoms with Gasteiger partial charge in [-0.3, -0.25) is 4.79 Å². The normalized spacial score (nSPS) is 14.4. The number of carbonyl (C=O) groups excluding carboxylic acids is 1.